The molecule has 0 unspecified atom stereocenters. The van der Waals surface area contributed by atoms with Crippen molar-refractivity contribution in [2.75, 3.05) is 5.32 Å². The average Bonchev–Trinajstić information content (AvgIpc) is 3.34. The highest BCUT2D eigenvalue weighted by Gasteiger charge is 2.20. The maximum absolute atomic E-state index is 11.9. The van der Waals surface area contributed by atoms with E-state index >= 15 is 0 Å². The first kappa shape index (κ1) is 23.8. The van der Waals surface area contributed by atoms with Gasteiger partial charge in [0.1, 0.15) is 4.88 Å². The first-order valence-electron chi connectivity index (χ1n) is 10.4. The van der Waals surface area contributed by atoms with Gasteiger partial charge in [-0.05, 0) is 54.7 Å². The number of benzene rings is 2. The Balaban J connectivity index is 1.73. The zero-order valence-corrected chi connectivity index (χ0v) is 21.4. The molecule has 0 spiro atoms. The number of halogens is 2. The van der Waals surface area contributed by atoms with Crippen LogP contribution in [0.1, 0.15) is 34.0 Å². The summed E-state index contributed by atoms with van der Waals surface area (Å²) >= 11 is 15.3. The SMILES string of the molecule is Cc1ccc(-c2nc(Nc3cc(-c4cccc(Cl)c4)sc3C(=O)O)sc2CC(C)C)cc1Cl. The number of nitrogens with one attached hydrogen (secondary N) is 1. The number of thiophene rings is 1. The third kappa shape index (κ3) is 5.41. The van der Waals surface area contributed by atoms with Gasteiger partial charge < -0.3 is 10.4 Å². The molecule has 2 heterocycles. The van der Waals surface area contributed by atoms with Crippen molar-refractivity contribution < 1.29 is 9.90 Å². The van der Waals surface area contributed by atoms with Gasteiger partial charge in [-0.15, -0.1) is 22.7 Å². The number of carbonyl (C=O) groups is 1. The fourth-order valence-electron chi connectivity index (χ4n) is 3.42. The first-order valence-corrected chi connectivity index (χ1v) is 12.8. The Morgan fingerprint density at radius 1 is 1.09 bits per heavy atom. The van der Waals surface area contributed by atoms with Crippen LogP contribution in [0.15, 0.2) is 48.5 Å². The summed E-state index contributed by atoms with van der Waals surface area (Å²) in [5.41, 5.74) is 4.23. The van der Waals surface area contributed by atoms with Gasteiger partial charge in [0, 0.05) is 25.4 Å². The van der Waals surface area contributed by atoms with Gasteiger partial charge in [-0.2, -0.15) is 0 Å². The second kappa shape index (κ2) is 9.85. The molecule has 0 amide bonds. The lowest BCUT2D eigenvalue weighted by Crippen LogP contribution is -1.98. The van der Waals surface area contributed by atoms with E-state index in [1.165, 1.54) is 11.3 Å². The molecule has 4 nitrogen and oxygen atoms in total. The van der Waals surface area contributed by atoms with E-state index in [1.807, 2.05) is 49.4 Å². The summed E-state index contributed by atoms with van der Waals surface area (Å²) in [5.74, 6) is -0.539. The Morgan fingerprint density at radius 3 is 2.55 bits per heavy atom. The molecule has 4 rings (SSSR count). The van der Waals surface area contributed by atoms with Crippen LogP contribution in [0.25, 0.3) is 21.7 Å². The van der Waals surface area contributed by atoms with E-state index in [1.54, 1.807) is 17.4 Å². The Hall–Kier alpha value is -2.38. The Kier molecular flexibility index (Phi) is 7.10. The number of rotatable bonds is 7. The highest BCUT2D eigenvalue weighted by atomic mass is 35.5. The van der Waals surface area contributed by atoms with Gasteiger partial charge in [0.15, 0.2) is 5.13 Å². The molecule has 0 atom stereocenters. The second-order valence-electron chi connectivity index (χ2n) is 8.15. The van der Waals surface area contributed by atoms with Crippen LogP contribution in [0.2, 0.25) is 10.0 Å². The van der Waals surface area contributed by atoms with Crippen LogP contribution in [0, 0.1) is 12.8 Å². The van der Waals surface area contributed by atoms with E-state index in [-0.39, 0.29) is 4.88 Å². The van der Waals surface area contributed by atoms with Crippen LogP contribution in [0.5, 0.6) is 0 Å². The topological polar surface area (TPSA) is 62.2 Å². The minimum atomic E-state index is -0.986. The van der Waals surface area contributed by atoms with E-state index < -0.39 is 5.97 Å². The summed E-state index contributed by atoms with van der Waals surface area (Å²) < 4.78 is 0. The maximum atomic E-state index is 11.9. The number of aromatic carboxylic acids is 1. The third-order valence-electron chi connectivity index (χ3n) is 5.01. The zero-order valence-electron chi connectivity index (χ0n) is 18.3. The van der Waals surface area contributed by atoms with Gasteiger partial charge in [0.25, 0.3) is 0 Å². The van der Waals surface area contributed by atoms with Crippen molar-refractivity contribution in [2.45, 2.75) is 27.2 Å². The molecule has 0 aliphatic rings. The maximum Gasteiger partial charge on any atom is 0.348 e. The molecule has 2 N–H and O–H groups in total. The predicted octanol–water partition coefficient (Wildman–Crippen LogP) is 8.79. The van der Waals surface area contributed by atoms with E-state index in [0.717, 1.165) is 38.6 Å². The van der Waals surface area contributed by atoms with Crippen molar-refractivity contribution >= 4 is 62.7 Å². The zero-order chi connectivity index (χ0) is 23.7. The van der Waals surface area contributed by atoms with Gasteiger partial charge in [-0.25, -0.2) is 9.78 Å². The summed E-state index contributed by atoms with van der Waals surface area (Å²) in [7, 11) is 0. The molecule has 170 valence electrons. The average molecular weight is 518 g/mol. The molecule has 0 bridgehead atoms. The highest BCUT2D eigenvalue weighted by Crippen LogP contribution is 2.40. The first-order chi connectivity index (χ1) is 15.7. The van der Waals surface area contributed by atoms with Gasteiger partial charge >= 0.3 is 5.97 Å². The van der Waals surface area contributed by atoms with E-state index in [0.29, 0.717) is 26.8 Å². The smallest absolute Gasteiger partial charge is 0.348 e. The molecule has 33 heavy (non-hydrogen) atoms. The molecule has 0 radical (unpaired) electrons. The van der Waals surface area contributed by atoms with Gasteiger partial charge in [0.05, 0.1) is 11.4 Å². The van der Waals surface area contributed by atoms with E-state index in [2.05, 4.69) is 19.2 Å². The standard InChI is InChI=1S/C25H22Cl2N2O2S2/c1-13(2)9-21-22(16-8-7-14(3)18(27)11-16)29-25(33-21)28-19-12-20(32-23(19)24(30)31)15-5-4-6-17(26)10-15/h4-8,10-13H,9H2,1-3H3,(H,28,29)(H,30,31). The van der Waals surface area contributed by atoms with Crippen molar-refractivity contribution in [1.82, 2.24) is 4.98 Å². The molecule has 2 aromatic heterocycles. The van der Waals surface area contributed by atoms with Crippen LogP contribution >= 0.6 is 45.9 Å². The molecule has 0 aliphatic carbocycles. The molecule has 0 saturated heterocycles. The van der Waals surface area contributed by atoms with Crippen molar-refractivity contribution in [3.63, 3.8) is 0 Å². The summed E-state index contributed by atoms with van der Waals surface area (Å²) in [6.45, 7) is 6.30. The minimum Gasteiger partial charge on any atom is -0.477 e. The molecule has 0 saturated carbocycles. The van der Waals surface area contributed by atoms with Crippen LogP contribution in [-0.2, 0) is 6.42 Å². The Morgan fingerprint density at radius 2 is 1.88 bits per heavy atom. The Labute approximate surface area is 210 Å². The quantitative estimate of drug-likeness (QED) is 0.257. The summed E-state index contributed by atoms with van der Waals surface area (Å²) in [6.07, 6.45) is 0.864. The predicted molar refractivity (Wildman–Crippen MR) is 141 cm³/mol. The number of anilines is 2. The lowest BCUT2D eigenvalue weighted by atomic mass is 10.0. The van der Waals surface area contributed by atoms with Crippen molar-refractivity contribution in [1.29, 1.82) is 0 Å². The summed E-state index contributed by atoms with van der Waals surface area (Å²) in [5, 5.41) is 15.0. The van der Waals surface area contributed by atoms with Crippen molar-refractivity contribution in [2.24, 2.45) is 5.92 Å². The lowest BCUT2D eigenvalue weighted by Gasteiger charge is -2.06. The van der Waals surface area contributed by atoms with Crippen molar-refractivity contribution in [3.8, 4) is 21.7 Å². The fourth-order valence-corrected chi connectivity index (χ4v) is 5.95. The van der Waals surface area contributed by atoms with Crippen molar-refractivity contribution in [3.05, 3.63) is 73.9 Å². The monoisotopic (exact) mass is 516 g/mol. The summed E-state index contributed by atoms with van der Waals surface area (Å²) in [6, 6.07) is 15.2. The van der Waals surface area contributed by atoms with Gasteiger partial charge in [-0.1, -0.05) is 61.3 Å². The van der Waals surface area contributed by atoms with Crippen LogP contribution < -0.4 is 5.32 Å². The largest absolute Gasteiger partial charge is 0.477 e. The van der Waals surface area contributed by atoms with Crippen LogP contribution in [0.4, 0.5) is 10.8 Å². The molecule has 0 aliphatic heterocycles. The van der Waals surface area contributed by atoms with Crippen LogP contribution in [-0.4, -0.2) is 16.1 Å². The molecular formula is C25H22Cl2N2O2S2. The fraction of sp³-hybridized carbons (Fsp3) is 0.200. The number of hydrogen-bond donors (Lipinski definition) is 2. The van der Waals surface area contributed by atoms with Gasteiger partial charge in [0.2, 0.25) is 0 Å². The molecule has 4 aromatic rings. The number of carboxylic acid groups (broad SMARTS) is 1. The van der Waals surface area contributed by atoms with E-state index in [4.69, 9.17) is 28.2 Å². The molecule has 8 heteroatoms. The number of aryl methyl sites for hydroxylation is 1. The Bertz CT molecular complexity index is 1330. The third-order valence-corrected chi connectivity index (χ3v) is 7.82. The number of carboxylic acids is 1. The number of aromatic nitrogens is 1. The lowest BCUT2D eigenvalue weighted by molar-refractivity contribution is 0.0703. The summed E-state index contributed by atoms with van der Waals surface area (Å²) in [4.78, 5) is 19.0. The molecular weight excluding hydrogens is 495 g/mol. The molecule has 0 fully saturated rings. The number of nitrogens with zero attached hydrogens (tertiary/aromatic N) is 1. The minimum absolute atomic E-state index is 0.227. The van der Waals surface area contributed by atoms with Gasteiger partial charge in [-0.3, -0.25) is 0 Å². The van der Waals surface area contributed by atoms with Crippen LogP contribution in [0.3, 0.4) is 0 Å². The second-order valence-corrected chi connectivity index (χ2v) is 11.1. The van der Waals surface area contributed by atoms with E-state index in [9.17, 15) is 9.90 Å². The normalized spacial score (nSPS) is 11.2. The number of thiazole rings is 1. The molecule has 2 aromatic carbocycles. The highest BCUT2D eigenvalue weighted by molar-refractivity contribution is 7.18. The number of hydrogen-bond acceptors (Lipinski definition) is 5.